The van der Waals surface area contributed by atoms with Crippen LogP contribution < -0.4 is 21.8 Å². The zero-order chi connectivity index (χ0) is 22.5. The minimum absolute atomic E-state index is 0.158. The van der Waals surface area contributed by atoms with E-state index < -0.39 is 5.82 Å². The monoisotopic (exact) mass is 431 g/mol. The maximum atomic E-state index is 14.4. The Morgan fingerprint density at radius 1 is 1.12 bits per heavy atom. The first-order chi connectivity index (χ1) is 15.6. The Morgan fingerprint density at radius 2 is 1.94 bits per heavy atom. The number of nitrogens with one attached hydrogen (secondary N) is 1. The first kappa shape index (κ1) is 21.0. The quantitative estimate of drug-likeness (QED) is 0.179. The fourth-order valence-corrected chi connectivity index (χ4v) is 3.31. The predicted octanol–water partition coefficient (Wildman–Crippen LogP) is 2.95. The standard InChI is InChI=1S/C23H22FN7O/c1-31-14-28-21(19-11-17(9-10-27-19)23(25)29-30-26)22(31)16-7-8-18(24)20(12-16)32-13-15-5-3-2-4-6-15/h2-12,14,30H,13,26H2,1H3,(H2,25,29). The van der Waals surface area contributed by atoms with Crippen molar-refractivity contribution in [2.45, 2.75) is 6.61 Å². The summed E-state index contributed by atoms with van der Waals surface area (Å²) < 4.78 is 22.0. The van der Waals surface area contributed by atoms with Crippen LogP contribution in [-0.4, -0.2) is 20.4 Å². The van der Waals surface area contributed by atoms with Crippen LogP contribution in [0.1, 0.15) is 11.1 Å². The number of ether oxygens (including phenoxy) is 1. The molecule has 8 nitrogen and oxygen atoms in total. The van der Waals surface area contributed by atoms with Gasteiger partial charge in [0.2, 0.25) is 0 Å². The molecule has 9 heteroatoms. The molecule has 0 atom stereocenters. The van der Waals surface area contributed by atoms with Gasteiger partial charge < -0.3 is 15.0 Å². The van der Waals surface area contributed by atoms with Gasteiger partial charge in [-0.3, -0.25) is 4.98 Å². The number of hydrazine groups is 1. The van der Waals surface area contributed by atoms with Gasteiger partial charge in [-0.25, -0.2) is 20.8 Å². The molecule has 0 radical (unpaired) electrons. The number of imidazole rings is 1. The van der Waals surface area contributed by atoms with Crippen molar-refractivity contribution >= 4 is 5.84 Å². The highest BCUT2D eigenvalue weighted by Crippen LogP contribution is 2.33. The Hall–Kier alpha value is -4.24. The summed E-state index contributed by atoms with van der Waals surface area (Å²) in [6.45, 7) is 0.261. The van der Waals surface area contributed by atoms with Crippen LogP contribution in [0.25, 0.3) is 22.6 Å². The molecule has 0 saturated carbocycles. The second kappa shape index (κ2) is 9.27. The molecule has 2 aromatic heterocycles. The van der Waals surface area contributed by atoms with Crippen molar-refractivity contribution in [1.29, 1.82) is 0 Å². The summed E-state index contributed by atoms with van der Waals surface area (Å²) in [6.07, 6.45) is 3.28. The van der Waals surface area contributed by atoms with E-state index in [0.29, 0.717) is 17.0 Å². The summed E-state index contributed by atoms with van der Waals surface area (Å²) >= 11 is 0. The van der Waals surface area contributed by atoms with Crippen LogP contribution in [0.15, 0.2) is 78.3 Å². The Balaban J connectivity index is 1.69. The normalized spacial score (nSPS) is 11.4. The number of hydrazone groups is 1. The second-order valence-corrected chi connectivity index (χ2v) is 7.03. The Bertz CT molecular complexity index is 1250. The average Bonchev–Trinajstić information content (AvgIpc) is 3.21. The summed E-state index contributed by atoms with van der Waals surface area (Å²) in [5.41, 5.74) is 12.4. The molecule has 0 bridgehead atoms. The van der Waals surface area contributed by atoms with Crippen LogP contribution in [-0.2, 0) is 13.7 Å². The third-order valence-corrected chi connectivity index (χ3v) is 4.86. The lowest BCUT2D eigenvalue weighted by molar-refractivity contribution is 0.290. The van der Waals surface area contributed by atoms with Crippen molar-refractivity contribution in [2.75, 3.05) is 0 Å². The summed E-state index contributed by atoms with van der Waals surface area (Å²) in [5.74, 6) is 5.15. The van der Waals surface area contributed by atoms with E-state index in [1.54, 1.807) is 36.8 Å². The molecule has 0 saturated heterocycles. The van der Waals surface area contributed by atoms with Gasteiger partial charge in [0.05, 0.1) is 17.7 Å². The largest absolute Gasteiger partial charge is 0.486 e. The van der Waals surface area contributed by atoms with Crippen molar-refractivity contribution in [3.8, 4) is 28.4 Å². The van der Waals surface area contributed by atoms with Gasteiger partial charge in [0, 0.05) is 24.4 Å². The van der Waals surface area contributed by atoms with E-state index in [2.05, 4.69) is 20.6 Å². The highest BCUT2D eigenvalue weighted by Gasteiger charge is 2.17. The Labute approximate surface area is 184 Å². The molecule has 0 aliphatic rings. The molecule has 4 aromatic rings. The Morgan fingerprint density at radius 3 is 2.72 bits per heavy atom. The molecule has 162 valence electrons. The average molecular weight is 431 g/mol. The minimum Gasteiger partial charge on any atom is -0.486 e. The number of amidine groups is 1. The lowest BCUT2D eigenvalue weighted by Gasteiger charge is -2.11. The minimum atomic E-state index is -0.438. The number of rotatable bonds is 7. The van der Waals surface area contributed by atoms with Crippen molar-refractivity contribution in [3.63, 3.8) is 0 Å². The number of benzene rings is 2. The van der Waals surface area contributed by atoms with Gasteiger partial charge in [-0.2, -0.15) is 0 Å². The molecular formula is C23H22FN7O. The number of aryl methyl sites for hydroxylation is 1. The van der Waals surface area contributed by atoms with Gasteiger partial charge in [-0.05, 0) is 35.9 Å². The fourth-order valence-electron chi connectivity index (χ4n) is 3.31. The smallest absolute Gasteiger partial charge is 0.165 e. The van der Waals surface area contributed by atoms with Crippen LogP contribution in [0.5, 0.6) is 5.75 Å². The number of aromatic nitrogens is 3. The number of pyridine rings is 1. The van der Waals surface area contributed by atoms with Gasteiger partial charge in [-0.1, -0.05) is 30.3 Å². The third-order valence-electron chi connectivity index (χ3n) is 4.86. The van der Waals surface area contributed by atoms with E-state index in [-0.39, 0.29) is 18.2 Å². The molecule has 0 spiro atoms. The van der Waals surface area contributed by atoms with Gasteiger partial charge in [0.1, 0.15) is 12.3 Å². The molecule has 2 aromatic carbocycles. The molecule has 0 amide bonds. The molecule has 0 unspecified atom stereocenters. The zero-order valence-electron chi connectivity index (χ0n) is 17.4. The summed E-state index contributed by atoms with van der Waals surface area (Å²) in [4.78, 5) is 8.92. The van der Waals surface area contributed by atoms with Gasteiger partial charge in [0.15, 0.2) is 17.4 Å². The highest BCUT2D eigenvalue weighted by molar-refractivity contribution is 5.98. The van der Waals surface area contributed by atoms with Crippen LogP contribution >= 0.6 is 0 Å². The Kier molecular flexibility index (Phi) is 6.09. The van der Waals surface area contributed by atoms with Crippen LogP contribution in [0.3, 0.4) is 0 Å². The topological polar surface area (TPSA) is 116 Å². The molecular weight excluding hydrogens is 409 g/mol. The van der Waals surface area contributed by atoms with E-state index in [0.717, 1.165) is 16.8 Å². The van der Waals surface area contributed by atoms with Crippen LogP contribution in [0, 0.1) is 5.82 Å². The molecule has 4 rings (SSSR count). The van der Waals surface area contributed by atoms with Crippen molar-refractivity contribution < 1.29 is 9.13 Å². The van der Waals surface area contributed by atoms with Crippen LogP contribution in [0.4, 0.5) is 4.39 Å². The first-order valence-electron chi connectivity index (χ1n) is 9.80. The lowest BCUT2D eigenvalue weighted by atomic mass is 10.1. The third kappa shape index (κ3) is 4.42. The molecule has 0 fully saturated rings. The first-order valence-corrected chi connectivity index (χ1v) is 9.80. The highest BCUT2D eigenvalue weighted by atomic mass is 19.1. The van der Waals surface area contributed by atoms with Gasteiger partial charge in [0.25, 0.3) is 0 Å². The zero-order valence-corrected chi connectivity index (χ0v) is 17.4. The maximum absolute atomic E-state index is 14.4. The molecule has 0 aliphatic heterocycles. The summed E-state index contributed by atoms with van der Waals surface area (Å²) in [5, 5.41) is 3.79. The summed E-state index contributed by atoms with van der Waals surface area (Å²) in [7, 11) is 1.86. The molecule has 32 heavy (non-hydrogen) atoms. The molecule has 0 aliphatic carbocycles. The lowest BCUT2D eigenvalue weighted by Crippen LogP contribution is -2.23. The van der Waals surface area contributed by atoms with Crippen LogP contribution in [0.2, 0.25) is 0 Å². The van der Waals surface area contributed by atoms with Crippen molar-refractivity contribution in [3.05, 3.63) is 90.1 Å². The number of nitrogens with two attached hydrogens (primary N) is 2. The number of hydrogen-bond donors (Lipinski definition) is 3. The van der Waals surface area contributed by atoms with Crippen molar-refractivity contribution in [1.82, 2.24) is 20.1 Å². The second-order valence-electron chi connectivity index (χ2n) is 7.03. The van der Waals surface area contributed by atoms with E-state index in [9.17, 15) is 4.39 Å². The maximum Gasteiger partial charge on any atom is 0.165 e. The van der Waals surface area contributed by atoms with Crippen molar-refractivity contribution in [2.24, 2.45) is 23.7 Å². The number of halogens is 1. The van der Waals surface area contributed by atoms with E-state index in [4.69, 9.17) is 16.3 Å². The van der Waals surface area contributed by atoms with E-state index in [1.807, 2.05) is 41.9 Å². The predicted molar refractivity (Wildman–Crippen MR) is 121 cm³/mol. The summed E-state index contributed by atoms with van der Waals surface area (Å²) in [6, 6.07) is 17.8. The fraction of sp³-hybridized carbons (Fsp3) is 0.0870. The van der Waals surface area contributed by atoms with E-state index in [1.165, 1.54) is 6.07 Å². The van der Waals surface area contributed by atoms with Gasteiger partial charge >= 0.3 is 0 Å². The number of hydrogen-bond acceptors (Lipinski definition) is 6. The molecule has 2 heterocycles. The molecule has 5 N–H and O–H groups in total. The SMILES string of the molecule is Cn1cnc(-c2cc(/C(N)=N/NN)ccn2)c1-c1ccc(F)c(OCc2ccccc2)c1. The van der Waals surface area contributed by atoms with E-state index >= 15 is 0 Å². The number of nitrogens with zero attached hydrogens (tertiary/aromatic N) is 4. The van der Waals surface area contributed by atoms with Gasteiger partial charge in [-0.15, -0.1) is 5.10 Å².